The summed E-state index contributed by atoms with van der Waals surface area (Å²) >= 11 is 0. The van der Waals surface area contributed by atoms with Crippen LogP contribution in [0.4, 0.5) is 8.78 Å². The zero-order chi connectivity index (χ0) is 15.4. The first-order valence-corrected chi connectivity index (χ1v) is 6.27. The fourth-order valence-corrected chi connectivity index (χ4v) is 1.85. The number of benzene rings is 2. The van der Waals surface area contributed by atoms with E-state index in [2.05, 4.69) is 0 Å². The first-order valence-electron chi connectivity index (χ1n) is 6.27. The molecule has 0 saturated carbocycles. The van der Waals surface area contributed by atoms with E-state index in [-0.39, 0.29) is 17.1 Å². The predicted octanol–water partition coefficient (Wildman–Crippen LogP) is 3.54. The van der Waals surface area contributed by atoms with Crippen LogP contribution in [0, 0.1) is 18.6 Å². The number of methoxy groups -OCH3 is 1. The van der Waals surface area contributed by atoms with Gasteiger partial charge in [-0.3, -0.25) is 4.79 Å². The van der Waals surface area contributed by atoms with Crippen molar-refractivity contribution in [1.29, 1.82) is 0 Å². The first kappa shape index (κ1) is 15.0. The minimum Gasteiger partial charge on any atom is -0.496 e. The molecule has 0 unspecified atom stereocenters. The highest BCUT2D eigenvalue weighted by molar-refractivity contribution is 5.99. The molecule has 0 bridgehead atoms. The van der Waals surface area contributed by atoms with E-state index in [9.17, 15) is 13.6 Å². The van der Waals surface area contributed by atoms with Gasteiger partial charge in [0.25, 0.3) is 0 Å². The van der Waals surface area contributed by atoms with Gasteiger partial charge in [0.1, 0.15) is 11.6 Å². The Balaban J connectivity index is 2.15. The van der Waals surface area contributed by atoms with E-state index in [1.54, 1.807) is 19.1 Å². The molecule has 3 nitrogen and oxygen atoms in total. The van der Waals surface area contributed by atoms with Crippen LogP contribution in [0.15, 0.2) is 36.4 Å². The quantitative estimate of drug-likeness (QED) is 0.791. The summed E-state index contributed by atoms with van der Waals surface area (Å²) < 4.78 is 37.1. The van der Waals surface area contributed by atoms with Crippen molar-refractivity contribution in [2.24, 2.45) is 0 Å². The first-order chi connectivity index (χ1) is 10.0. The Morgan fingerprint density at radius 3 is 2.62 bits per heavy atom. The summed E-state index contributed by atoms with van der Waals surface area (Å²) in [6.45, 7) is 1.19. The third kappa shape index (κ3) is 3.37. The maximum atomic E-state index is 13.7. The van der Waals surface area contributed by atoms with Gasteiger partial charge in [0.2, 0.25) is 5.78 Å². The van der Waals surface area contributed by atoms with Gasteiger partial charge < -0.3 is 9.47 Å². The summed E-state index contributed by atoms with van der Waals surface area (Å²) in [5.41, 5.74) is 0.480. The van der Waals surface area contributed by atoms with Crippen LogP contribution < -0.4 is 9.47 Å². The second kappa shape index (κ2) is 6.35. The lowest BCUT2D eigenvalue weighted by atomic mass is 10.1. The Hall–Kier alpha value is -2.43. The minimum absolute atomic E-state index is 0.0151. The summed E-state index contributed by atoms with van der Waals surface area (Å²) in [4.78, 5) is 12.1. The predicted molar refractivity (Wildman–Crippen MR) is 73.9 cm³/mol. The number of carbonyl (C=O) groups is 1. The van der Waals surface area contributed by atoms with E-state index in [0.717, 1.165) is 6.07 Å². The van der Waals surface area contributed by atoms with E-state index < -0.39 is 24.0 Å². The summed E-state index contributed by atoms with van der Waals surface area (Å²) in [7, 11) is 1.38. The van der Waals surface area contributed by atoms with Crippen LogP contribution >= 0.6 is 0 Å². The number of hydrogen-bond acceptors (Lipinski definition) is 3. The molecular formula is C16H14F2O3. The molecule has 0 fully saturated rings. The molecule has 0 aliphatic heterocycles. The minimum atomic E-state index is -0.555. The highest BCUT2D eigenvalue weighted by Gasteiger charge is 2.15. The average Bonchev–Trinajstić information content (AvgIpc) is 2.48. The number of halogens is 2. The number of ether oxygens (including phenoxy) is 2. The van der Waals surface area contributed by atoms with Crippen LogP contribution in [0.3, 0.4) is 0 Å². The van der Waals surface area contributed by atoms with Crippen LogP contribution in [-0.2, 0) is 0 Å². The molecule has 21 heavy (non-hydrogen) atoms. The number of hydrogen-bond donors (Lipinski definition) is 0. The molecule has 0 saturated heterocycles. The number of ketones is 1. The van der Waals surface area contributed by atoms with Crippen molar-refractivity contribution in [3.8, 4) is 11.5 Å². The van der Waals surface area contributed by atoms with Gasteiger partial charge in [-0.2, -0.15) is 0 Å². The van der Waals surface area contributed by atoms with Crippen molar-refractivity contribution < 1.29 is 23.0 Å². The van der Waals surface area contributed by atoms with E-state index in [0.29, 0.717) is 5.56 Å². The fourth-order valence-electron chi connectivity index (χ4n) is 1.85. The van der Waals surface area contributed by atoms with Gasteiger partial charge in [-0.15, -0.1) is 0 Å². The summed E-state index contributed by atoms with van der Waals surface area (Å²) in [6, 6.07) is 8.27. The third-order valence-corrected chi connectivity index (χ3v) is 2.98. The molecule has 0 aliphatic rings. The topological polar surface area (TPSA) is 35.5 Å². The molecule has 2 aromatic carbocycles. The van der Waals surface area contributed by atoms with Gasteiger partial charge in [-0.05, 0) is 36.8 Å². The van der Waals surface area contributed by atoms with Gasteiger partial charge in [0.05, 0.1) is 12.7 Å². The van der Waals surface area contributed by atoms with Crippen molar-refractivity contribution in [1.82, 2.24) is 0 Å². The molecule has 0 N–H and O–H groups in total. The Morgan fingerprint density at radius 2 is 1.90 bits per heavy atom. The zero-order valence-corrected chi connectivity index (χ0v) is 11.7. The second-order valence-electron chi connectivity index (χ2n) is 4.44. The number of Topliss-reactive ketones (excluding diaryl/α,β-unsaturated/α-hetero) is 1. The second-order valence-corrected chi connectivity index (χ2v) is 4.44. The van der Waals surface area contributed by atoms with Crippen molar-refractivity contribution in [3.63, 3.8) is 0 Å². The highest BCUT2D eigenvalue weighted by atomic mass is 19.1. The summed E-state index contributed by atoms with van der Waals surface area (Å²) in [5.74, 6) is -1.34. The van der Waals surface area contributed by atoms with Crippen molar-refractivity contribution >= 4 is 5.78 Å². The van der Waals surface area contributed by atoms with Crippen LogP contribution in [0.1, 0.15) is 15.9 Å². The van der Waals surface area contributed by atoms with Crippen LogP contribution in [-0.4, -0.2) is 19.5 Å². The van der Waals surface area contributed by atoms with Crippen LogP contribution in [0.5, 0.6) is 11.5 Å². The summed E-state index contributed by atoms with van der Waals surface area (Å²) in [6.07, 6.45) is 0. The molecule has 5 heteroatoms. The molecular weight excluding hydrogens is 278 g/mol. The zero-order valence-electron chi connectivity index (χ0n) is 11.7. The maximum Gasteiger partial charge on any atom is 0.204 e. The number of carbonyl (C=O) groups excluding carboxylic acids is 1. The maximum absolute atomic E-state index is 13.7. The van der Waals surface area contributed by atoms with Gasteiger partial charge in [0, 0.05) is 0 Å². The molecule has 0 atom stereocenters. The summed E-state index contributed by atoms with van der Waals surface area (Å²) in [5, 5.41) is 0. The average molecular weight is 292 g/mol. The van der Waals surface area contributed by atoms with E-state index >= 15 is 0 Å². The highest BCUT2D eigenvalue weighted by Crippen LogP contribution is 2.22. The molecule has 110 valence electrons. The Labute approximate surface area is 121 Å². The smallest absolute Gasteiger partial charge is 0.204 e. The van der Waals surface area contributed by atoms with Gasteiger partial charge in [-0.25, -0.2) is 8.78 Å². The SMILES string of the molecule is COc1ccc(F)cc1C(=O)COc1cccc(C)c1F. The fraction of sp³-hybridized carbons (Fsp3) is 0.188. The molecule has 2 rings (SSSR count). The lowest BCUT2D eigenvalue weighted by Gasteiger charge is -2.10. The van der Waals surface area contributed by atoms with Crippen molar-refractivity contribution in [2.45, 2.75) is 6.92 Å². The van der Waals surface area contributed by atoms with Crippen LogP contribution in [0.25, 0.3) is 0 Å². The van der Waals surface area contributed by atoms with E-state index in [1.807, 2.05) is 0 Å². The molecule has 0 spiro atoms. The lowest BCUT2D eigenvalue weighted by Crippen LogP contribution is -2.14. The third-order valence-electron chi connectivity index (χ3n) is 2.98. The molecule has 0 aromatic heterocycles. The normalized spacial score (nSPS) is 10.3. The largest absolute Gasteiger partial charge is 0.496 e. The Morgan fingerprint density at radius 1 is 1.14 bits per heavy atom. The van der Waals surface area contributed by atoms with Gasteiger partial charge >= 0.3 is 0 Å². The molecule has 0 heterocycles. The molecule has 0 radical (unpaired) electrons. The standard InChI is InChI=1S/C16H14F2O3/c1-10-4-3-5-15(16(10)18)21-9-13(19)12-8-11(17)6-7-14(12)20-2/h3-8H,9H2,1-2H3. The molecule has 0 amide bonds. The van der Waals surface area contributed by atoms with E-state index in [4.69, 9.17) is 9.47 Å². The molecule has 2 aromatic rings. The monoisotopic (exact) mass is 292 g/mol. The number of rotatable bonds is 5. The number of aryl methyl sites for hydroxylation is 1. The lowest BCUT2D eigenvalue weighted by molar-refractivity contribution is 0.0915. The van der Waals surface area contributed by atoms with Crippen molar-refractivity contribution in [2.75, 3.05) is 13.7 Å². The van der Waals surface area contributed by atoms with Crippen LogP contribution in [0.2, 0.25) is 0 Å². The Kier molecular flexibility index (Phi) is 4.52. The van der Waals surface area contributed by atoms with Gasteiger partial charge in [-0.1, -0.05) is 12.1 Å². The van der Waals surface area contributed by atoms with E-state index in [1.165, 1.54) is 25.3 Å². The molecule has 0 aliphatic carbocycles. The Bertz CT molecular complexity index is 669. The van der Waals surface area contributed by atoms with Gasteiger partial charge in [0.15, 0.2) is 18.2 Å². The van der Waals surface area contributed by atoms with Crippen molar-refractivity contribution in [3.05, 3.63) is 59.2 Å².